The number of hydrogen-bond donors (Lipinski definition) is 0. The highest BCUT2D eigenvalue weighted by atomic mass is 16.5. The van der Waals surface area contributed by atoms with Crippen LogP contribution in [0.1, 0.15) is 53.9 Å². The van der Waals surface area contributed by atoms with E-state index in [2.05, 4.69) is 13.8 Å². The SMILES string of the molecule is CCC1=C(OCC(C)C)CCC(C)(C)C1=O. The van der Waals surface area contributed by atoms with E-state index >= 15 is 0 Å². The van der Waals surface area contributed by atoms with Crippen LogP contribution in [-0.2, 0) is 9.53 Å². The summed E-state index contributed by atoms with van der Waals surface area (Å²) in [5.74, 6) is 1.73. The molecule has 0 amide bonds. The van der Waals surface area contributed by atoms with Crippen molar-refractivity contribution in [2.45, 2.75) is 53.9 Å². The smallest absolute Gasteiger partial charge is 0.167 e. The number of hydrogen-bond acceptors (Lipinski definition) is 2. The highest BCUT2D eigenvalue weighted by Gasteiger charge is 2.35. The molecule has 0 spiro atoms. The first kappa shape index (κ1) is 13.3. The first-order valence-electron chi connectivity index (χ1n) is 6.28. The van der Waals surface area contributed by atoms with Gasteiger partial charge in [-0.3, -0.25) is 4.79 Å². The zero-order valence-corrected chi connectivity index (χ0v) is 11.2. The minimum atomic E-state index is -0.198. The summed E-state index contributed by atoms with van der Waals surface area (Å²) in [4.78, 5) is 12.2. The standard InChI is InChI=1S/C14H24O2/c1-6-11-12(16-9-10(2)3)7-8-14(4,5)13(11)15/h10H,6-9H2,1-5H3. The fraction of sp³-hybridized carbons (Fsp3) is 0.786. The molecule has 0 radical (unpaired) electrons. The van der Waals surface area contributed by atoms with E-state index in [1.807, 2.05) is 20.8 Å². The Morgan fingerprint density at radius 3 is 2.50 bits per heavy atom. The molecular weight excluding hydrogens is 200 g/mol. The highest BCUT2D eigenvalue weighted by molar-refractivity contribution is 6.00. The van der Waals surface area contributed by atoms with Crippen LogP contribution >= 0.6 is 0 Å². The van der Waals surface area contributed by atoms with Gasteiger partial charge in [-0.2, -0.15) is 0 Å². The molecule has 0 unspecified atom stereocenters. The number of allylic oxidation sites excluding steroid dienone is 2. The van der Waals surface area contributed by atoms with Crippen molar-refractivity contribution in [1.82, 2.24) is 0 Å². The summed E-state index contributed by atoms with van der Waals surface area (Å²) >= 11 is 0. The third kappa shape index (κ3) is 2.87. The molecule has 0 saturated heterocycles. The van der Waals surface area contributed by atoms with E-state index in [4.69, 9.17) is 4.74 Å². The minimum Gasteiger partial charge on any atom is -0.497 e. The fourth-order valence-electron chi connectivity index (χ4n) is 2.01. The summed E-state index contributed by atoms with van der Waals surface area (Å²) in [7, 11) is 0. The van der Waals surface area contributed by atoms with E-state index in [9.17, 15) is 4.79 Å². The second kappa shape index (κ2) is 5.03. The lowest BCUT2D eigenvalue weighted by Gasteiger charge is -2.31. The third-order valence-corrected chi connectivity index (χ3v) is 3.15. The Labute approximate surface area is 99.1 Å². The summed E-state index contributed by atoms with van der Waals surface area (Å²) in [5, 5.41) is 0. The maximum absolute atomic E-state index is 12.2. The number of rotatable bonds is 4. The van der Waals surface area contributed by atoms with Crippen molar-refractivity contribution in [3.05, 3.63) is 11.3 Å². The molecule has 1 aliphatic carbocycles. The molecule has 0 saturated carbocycles. The molecule has 92 valence electrons. The molecule has 0 N–H and O–H groups in total. The minimum absolute atomic E-state index is 0.198. The predicted molar refractivity (Wildman–Crippen MR) is 66.1 cm³/mol. The lowest BCUT2D eigenvalue weighted by molar-refractivity contribution is -0.125. The maximum Gasteiger partial charge on any atom is 0.167 e. The molecule has 1 aliphatic rings. The van der Waals surface area contributed by atoms with Gasteiger partial charge in [0.05, 0.1) is 6.61 Å². The van der Waals surface area contributed by atoms with Gasteiger partial charge >= 0.3 is 0 Å². The number of ether oxygens (including phenoxy) is 1. The van der Waals surface area contributed by atoms with Crippen LogP contribution in [0.3, 0.4) is 0 Å². The first-order chi connectivity index (χ1) is 7.38. The zero-order valence-electron chi connectivity index (χ0n) is 11.2. The van der Waals surface area contributed by atoms with Crippen molar-refractivity contribution in [1.29, 1.82) is 0 Å². The normalized spacial score (nSPS) is 20.5. The zero-order chi connectivity index (χ0) is 12.3. The lowest BCUT2D eigenvalue weighted by atomic mass is 9.74. The topological polar surface area (TPSA) is 26.3 Å². The molecule has 2 heteroatoms. The van der Waals surface area contributed by atoms with Gasteiger partial charge in [-0.15, -0.1) is 0 Å². The van der Waals surface area contributed by atoms with E-state index in [-0.39, 0.29) is 11.2 Å². The van der Waals surface area contributed by atoms with Gasteiger partial charge in [0.2, 0.25) is 0 Å². The predicted octanol–water partition coefficient (Wildman–Crippen LogP) is 3.71. The molecule has 16 heavy (non-hydrogen) atoms. The fourth-order valence-corrected chi connectivity index (χ4v) is 2.01. The van der Waals surface area contributed by atoms with Crippen LogP contribution in [0, 0.1) is 11.3 Å². The molecule has 1 rings (SSSR count). The molecule has 0 aromatic heterocycles. The second-order valence-electron chi connectivity index (χ2n) is 5.67. The molecular formula is C14H24O2. The lowest BCUT2D eigenvalue weighted by Crippen LogP contribution is -2.31. The Hall–Kier alpha value is -0.790. The van der Waals surface area contributed by atoms with Crippen LogP contribution in [0.4, 0.5) is 0 Å². The largest absolute Gasteiger partial charge is 0.497 e. The van der Waals surface area contributed by atoms with E-state index in [0.29, 0.717) is 12.5 Å². The second-order valence-corrected chi connectivity index (χ2v) is 5.67. The maximum atomic E-state index is 12.2. The third-order valence-electron chi connectivity index (χ3n) is 3.15. The van der Waals surface area contributed by atoms with Gasteiger partial charge in [0.25, 0.3) is 0 Å². The quantitative estimate of drug-likeness (QED) is 0.727. The van der Waals surface area contributed by atoms with E-state index in [0.717, 1.165) is 30.6 Å². The summed E-state index contributed by atoms with van der Waals surface area (Å²) in [5.41, 5.74) is 0.715. The van der Waals surface area contributed by atoms with E-state index in [1.165, 1.54) is 0 Å². The Morgan fingerprint density at radius 1 is 1.38 bits per heavy atom. The van der Waals surface area contributed by atoms with Crippen molar-refractivity contribution in [2.24, 2.45) is 11.3 Å². The Bertz CT molecular complexity index is 298. The van der Waals surface area contributed by atoms with Crippen molar-refractivity contribution in [3.8, 4) is 0 Å². The highest BCUT2D eigenvalue weighted by Crippen LogP contribution is 2.37. The number of Topliss-reactive ketones (excluding diaryl/α,β-unsaturated/α-hetero) is 1. The average Bonchev–Trinajstić information content (AvgIpc) is 2.20. The van der Waals surface area contributed by atoms with Crippen molar-refractivity contribution in [3.63, 3.8) is 0 Å². The number of carbonyl (C=O) groups is 1. The number of ketones is 1. The van der Waals surface area contributed by atoms with Crippen molar-refractivity contribution < 1.29 is 9.53 Å². The Kier molecular flexibility index (Phi) is 4.17. The van der Waals surface area contributed by atoms with Gasteiger partial charge in [-0.25, -0.2) is 0 Å². The summed E-state index contributed by atoms with van der Waals surface area (Å²) < 4.78 is 5.77. The Morgan fingerprint density at radius 2 is 2.00 bits per heavy atom. The summed E-state index contributed by atoms with van der Waals surface area (Å²) in [6.07, 6.45) is 2.60. The first-order valence-corrected chi connectivity index (χ1v) is 6.28. The van der Waals surface area contributed by atoms with E-state index in [1.54, 1.807) is 0 Å². The van der Waals surface area contributed by atoms with Gasteiger partial charge in [0, 0.05) is 17.4 Å². The van der Waals surface area contributed by atoms with Gasteiger partial charge in [0.1, 0.15) is 5.76 Å². The van der Waals surface area contributed by atoms with E-state index < -0.39 is 0 Å². The molecule has 0 fully saturated rings. The molecule has 0 bridgehead atoms. The molecule has 2 nitrogen and oxygen atoms in total. The van der Waals surface area contributed by atoms with Crippen molar-refractivity contribution in [2.75, 3.05) is 6.61 Å². The summed E-state index contributed by atoms with van der Waals surface area (Å²) in [6, 6.07) is 0. The van der Waals surface area contributed by atoms with Gasteiger partial charge in [-0.05, 0) is 18.8 Å². The van der Waals surface area contributed by atoms with Crippen LogP contribution < -0.4 is 0 Å². The van der Waals surface area contributed by atoms with Crippen LogP contribution in [-0.4, -0.2) is 12.4 Å². The van der Waals surface area contributed by atoms with Crippen molar-refractivity contribution >= 4 is 5.78 Å². The number of carbonyl (C=O) groups excluding carboxylic acids is 1. The van der Waals surface area contributed by atoms with Crippen LogP contribution in [0.2, 0.25) is 0 Å². The molecule has 0 aliphatic heterocycles. The Balaban J connectivity index is 2.84. The molecule has 0 atom stereocenters. The van der Waals surface area contributed by atoms with Crippen LogP contribution in [0.15, 0.2) is 11.3 Å². The van der Waals surface area contributed by atoms with Gasteiger partial charge < -0.3 is 4.74 Å². The summed E-state index contributed by atoms with van der Waals surface area (Å²) in [6.45, 7) is 11.1. The molecule has 0 aromatic rings. The van der Waals surface area contributed by atoms with Crippen LogP contribution in [0.25, 0.3) is 0 Å². The van der Waals surface area contributed by atoms with Crippen LogP contribution in [0.5, 0.6) is 0 Å². The average molecular weight is 224 g/mol. The van der Waals surface area contributed by atoms with Gasteiger partial charge in [0.15, 0.2) is 5.78 Å². The monoisotopic (exact) mass is 224 g/mol. The molecule has 0 aromatic carbocycles. The molecule has 0 heterocycles. The van der Waals surface area contributed by atoms with Gasteiger partial charge in [-0.1, -0.05) is 34.6 Å².